The Hall–Kier alpha value is -0.630. The standard InChI is InChI=1S/C10H18N2/c1-9(8-11-3)10(2)4-6-12-7-5-10/h8,12H,1,4-7H2,2-3H3. The molecular formula is C10H18N2. The maximum absolute atomic E-state index is 4.06. The summed E-state index contributed by atoms with van der Waals surface area (Å²) in [7, 11) is 1.80. The zero-order valence-electron chi connectivity index (χ0n) is 8.06. The van der Waals surface area contributed by atoms with E-state index in [0.717, 1.165) is 13.1 Å². The van der Waals surface area contributed by atoms with Gasteiger partial charge in [-0.15, -0.1) is 0 Å². The number of rotatable bonds is 2. The van der Waals surface area contributed by atoms with Crippen LogP contribution in [0.3, 0.4) is 0 Å². The Morgan fingerprint density at radius 3 is 2.58 bits per heavy atom. The number of nitrogens with zero attached hydrogens (tertiary/aromatic N) is 1. The van der Waals surface area contributed by atoms with E-state index in [2.05, 4.69) is 23.8 Å². The van der Waals surface area contributed by atoms with Crippen LogP contribution in [0.15, 0.2) is 17.1 Å². The van der Waals surface area contributed by atoms with E-state index in [-0.39, 0.29) is 5.41 Å². The molecule has 0 radical (unpaired) electrons. The molecule has 0 aliphatic carbocycles. The number of aliphatic imine (C=N–C) groups is 1. The van der Waals surface area contributed by atoms with Crippen LogP contribution in [0.2, 0.25) is 0 Å². The summed E-state index contributed by atoms with van der Waals surface area (Å²) in [4.78, 5) is 4.01. The summed E-state index contributed by atoms with van der Waals surface area (Å²) >= 11 is 0. The third kappa shape index (κ3) is 1.95. The molecule has 0 bridgehead atoms. The van der Waals surface area contributed by atoms with Crippen molar-refractivity contribution in [2.24, 2.45) is 10.4 Å². The van der Waals surface area contributed by atoms with E-state index in [1.54, 1.807) is 7.05 Å². The number of nitrogens with one attached hydrogen (secondary N) is 1. The molecule has 1 fully saturated rings. The van der Waals surface area contributed by atoms with Crippen LogP contribution in [0.1, 0.15) is 19.8 Å². The van der Waals surface area contributed by atoms with Crippen molar-refractivity contribution >= 4 is 6.21 Å². The molecule has 0 aromatic rings. The molecule has 0 atom stereocenters. The van der Waals surface area contributed by atoms with Gasteiger partial charge in [0.1, 0.15) is 0 Å². The molecule has 0 aromatic carbocycles. The average molecular weight is 166 g/mol. The van der Waals surface area contributed by atoms with Gasteiger partial charge in [0.15, 0.2) is 0 Å². The van der Waals surface area contributed by atoms with Crippen molar-refractivity contribution < 1.29 is 0 Å². The van der Waals surface area contributed by atoms with Crippen LogP contribution in [0.5, 0.6) is 0 Å². The van der Waals surface area contributed by atoms with Crippen LogP contribution in [-0.4, -0.2) is 26.4 Å². The number of hydrogen-bond donors (Lipinski definition) is 1. The van der Waals surface area contributed by atoms with Gasteiger partial charge in [-0.3, -0.25) is 4.99 Å². The molecular weight excluding hydrogens is 148 g/mol. The molecule has 0 aromatic heterocycles. The minimum atomic E-state index is 0.282. The Balaban J connectivity index is 2.62. The molecule has 2 heteroatoms. The van der Waals surface area contributed by atoms with E-state index >= 15 is 0 Å². The lowest BCUT2D eigenvalue weighted by Gasteiger charge is -2.34. The summed E-state index contributed by atoms with van der Waals surface area (Å²) in [6, 6.07) is 0. The fraction of sp³-hybridized carbons (Fsp3) is 0.700. The van der Waals surface area contributed by atoms with Crippen molar-refractivity contribution in [1.82, 2.24) is 5.32 Å². The lowest BCUT2D eigenvalue weighted by molar-refractivity contribution is 0.293. The highest BCUT2D eigenvalue weighted by Crippen LogP contribution is 2.33. The zero-order valence-corrected chi connectivity index (χ0v) is 8.06. The first-order valence-electron chi connectivity index (χ1n) is 4.51. The Labute approximate surface area is 74.8 Å². The fourth-order valence-electron chi connectivity index (χ4n) is 1.61. The first-order chi connectivity index (χ1) is 5.69. The summed E-state index contributed by atoms with van der Waals surface area (Å²) < 4.78 is 0. The Kier molecular flexibility index (Phi) is 3.04. The second-order valence-corrected chi connectivity index (χ2v) is 3.72. The minimum absolute atomic E-state index is 0.282. The van der Waals surface area contributed by atoms with Gasteiger partial charge >= 0.3 is 0 Å². The summed E-state index contributed by atoms with van der Waals surface area (Å²) in [5, 5.41) is 3.35. The van der Waals surface area contributed by atoms with E-state index in [0.29, 0.717) is 0 Å². The van der Waals surface area contributed by atoms with Crippen molar-refractivity contribution in [2.45, 2.75) is 19.8 Å². The zero-order chi connectivity index (χ0) is 9.03. The second-order valence-electron chi connectivity index (χ2n) is 3.72. The molecule has 0 saturated carbocycles. The fourth-order valence-corrected chi connectivity index (χ4v) is 1.61. The van der Waals surface area contributed by atoms with Gasteiger partial charge in [-0.1, -0.05) is 13.5 Å². The largest absolute Gasteiger partial charge is 0.317 e. The summed E-state index contributed by atoms with van der Waals surface area (Å²) in [6.07, 6.45) is 4.25. The molecule has 1 N–H and O–H groups in total. The molecule has 68 valence electrons. The van der Waals surface area contributed by atoms with E-state index in [9.17, 15) is 0 Å². The molecule has 1 aliphatic rings. The third-order valence-corrected chi connectivity index (χ3v) is 2.77. The normalized spacial score (nSPS) is 22.8. The van der Waals surface area contributed by atoms with Gasteiger partial charge in [0.25, 0.3) is 0 Å². The van der Waals surface area contributed by atoms with Crippen LogP contribution in [-0.2, 0) is 0 Å². The van der Waals surface area contributed by atoms with Gasteiger partial charge in [-0.25, -0.2) is 0 Å². The maximum Gasteiger partial charge on any atom is 0.0277 e. The van der Waals surface area contributed by atoms with Gasteiger partial charge in [-0.2, -0.15) is 0 Å². The molecule has 1 aliphatic heterocycles. The van der Waals surface area contributed by atoms with Crippen molar-refractivity contribution in [1.29, 1.82) is 0 Å². The minimum Gasteiger partial charge on any atom is -0.317 e. The number of allylic oxidation sites excluding steroid dienone is 1. The smallest absolute Gasteiger partial charge is 0.0277 e. The van der Waals surface area contributed by atoms with Crippen molar-refractivity contribution in [3.05, 3.63) is 12.2 Å². The van der Waals surface area contributed by atoms with Gasteiger partial charge in [0.2, 0.25) is 0 Å². The topological polar surface area (TPSA) is 24.4 Å². The summed E-state index contributed by atoms with van der Waals surface area (Å²) in [5.41, 5.74) is 1.46. The van der Waals surface area contributed by atoms with Crippen LogP contribution >= 0.6 is 0 Å². The lowest BCUT2D eigenvalue weighted by Crippen LogP contribution is -2.36. The van der Waals surface area contributed by atoms with E-state index in [1.165, 1.54) is 18.4 Å². The van der Waals surface area contributed by atoms with Crippen LogP contribution in [0.25, 0.3) is 0 Å². The first-order valence-corrected chi connectivity index (χ1v) is 4.51. The molecule has 0 unspecified atom stereocenters. The van der Waals surface area contributed by atoms with Crippen LogP contribution in [0, 0.1) is 5.41 Å². The lowest BCUT2D eigenvalue weighted by atomic mass is 9.75. The third-order valence-electron chi connectivity index (χ3n) is 2.77. The Bertz CT molecular complexity index is 188. The van der Waals surface area contributed by atoms with Crippen LogP contribution in [0.4, 0.5) is 0 Å². The maximum atomic E-state index is 4.06. The Morgan fingerprint density at radius 2 is 2.08 bits per heavy atom. The highest BCUT2D eigenvalue weighted by molar-refractivity contribution is 5.79. The van der Waals surface area contributed by atoms with Gasteiger partial charge in [0.05, 0.1) is 0 Å². The highest BCUT2D eigenvalue weighted by atomic mass is 14.9. The summed E-state index contributed by atoms with van der Waals surface area (Å²) in [6.45, 7) is 8.55. The quantitative estimate of drug-likeness (QED) is 0.619. The SMILES string of the molecule is C=C(C=NC)C1(C)CCNCC1. The Morgan fingerprint density at radius 1 is 1.50 bits per heavy atom. The van der Waals surface area contributed by atoms with Gasteiger partial charge in [-0.05, 0) is 36.9 Å². The van der Waals surface area contributed by atoms with Crippen molar-refractivity contribution in [2.75, 3.05) is 20.1 Å². The van der Waals surface area contributed by atoms with Crippen LogP contribution < -0.4 is 5.32 Å². The van der Waals surface area contributed by atoms with Gasteiger partial charge < -0.3 is 5.32 Å². The van der Waals surface area contributed by atoms with E-state index in [4.69, 9.17) is 0 Å². The number of hydrogen-bond acceptors (Lipinski definition) is 2. The number of piperidine rings is 1. The molecule has 12 heavy (non-hydrogen) atoms. The molecule has 2 nitrogen and oxygen atoms in total. The summed E-state index contributed by atoms with van der Waals surface area (Å²) in [5.74, 6) is 0. The molecule has 1 saturated heterocycles. The first kappa shape index (κ1) is 9.46. The monoisotopic (exact) mass is 166 g/mol. The predicted molar refractivity (Wildman–Crippen MR) is 53.8 cm³/mol. The van der Waals surface area contributed by atoms with E-state index < -0.39 is 0 Å². The van der Waals surface area contributed by atoms with Crippen molar-refractivity contribution in [3.63, 3.8) is 0 Å². The molecule has 0 spiro atoms. The van der Waals surface area contributed by atoms with Gasteiger partial charge in [0, 0.05) is 13.3 Å². The average Bonchev–Trinajstić information content (AvgIpc) is 2.06. The van der Waals surface area contributed by atoms with Crippen molar-refractivity contribution in [3.8, 4) is 0 Å². The second kappa shape index (κ2) is 3.85. The predicted octanol–water partition coefficient (Wildman–Crippen LogP) is 1.63. The molecule has 0 amide bonds. The molecule has 1 rings (SSSR count). The molecule has 1 heterocycles. The highest BCUT2D eigenvalue weighted by Gasteiger charge is 2.28. The van der Waals surface area contributed by atoms with E-state index in [1.807, 2.05) is 6.21 Å².